The summed E-state index contributed by atoms with van der Waals surface area (Å²) in [5, 5.41) is 56.2. The number of amides is 4. The van der Waals surface area contributed by atoms with E-state index in [4.69, 9.17) is 34.9 Å². The van der Waals surface area contributed by atoms with Gasteiger partial charge in [0.25, 0.3) is 0 Å². The maximum atomic E-state index is 11.9. The number of aliphatic hydroxyl groups is 4. The molecule has 1 rings (SSSR count). The molecule has 1 aliphatic rings. The number of aliphatic hydroxyl groups excluding tert-OH is 4. The van der Waals surface area contributed by atoms with Crippen molar-refractivity contribution in [2.75, 3.05) is 59.3 Å². The summed E-state index contributed by atoms with van der Waals surface area (Å²) in [5.41, 5.74) is 5.64. The van der Waals surface area contributed by atoms with Gasteiger partial charge in [-0.25, -0.2) is 4.79 Å². The first-order valence-corrected chi connectivity index (χ1v) is 13.0. The number of nitrogens with one attached hydrogen (secondary N) is 4. The Labute approximate surface area is 241 Å². The number of rotatable bonds is 20. The van der Waals surface area contributed by atoms with Crippen molar-refractivity contribution >= 4 is 29.6 Å². The van der Waals surface area contributed by atoms with Crippen molar-refractivity contribution in [3.05, 3.63) is 0 Å². The Balaban J connectivity index is 2.15. The van der Waals surface area contributed by atoms with Crippen LogP contribution < -0.4 is 27.0 Å². The zero-order valence-corrected chi connectivity index (χ0v) is 23.1. The van der Waals surface area contributed by atoms with Crippen molar-refractivity contribution in [3.63, 3.8) is 0 Å². The smallest absolute Gasteiger partial charge is 0.328 e. The van der Waals surface area contributed by atoms with Crippen molar-refractivity contribution in [1.82, 2.24) is 21.3 Å². The molecule has 1 aliphatic heterocycles. The Morgan fingerprint density at radius 2 is 1.57 bits per heavy atom. The molecule has 0 radical (unpaired) electrons. The van der Waals surface area contributed by atoms with E-state index in [0.29, 0.717) is 0 Å². The minimum Gasteiger partial charge on any atom is -0.480 e. The van der Waals surface area contributed by atoms with E-state index in [9.17, 15) is 39.3 Å². The van der Waals surface area contributed by atoms with E-state index in [0.717, 1.165) is 0 Å². The Kier molecular flexibility index (Phi) is 17.6. The van der Waals surface area contributed by atoms with Crippen LogP contribution in [0.15, 0.2) is 0 Å². The van der Waals surface area contributed by atoms with Crippen LogP contribution in [0.1, 0.15) is 13.3 Å². The molecule has 0 aliphatic carbocycles. The normalized spacial score (nSPS) is 23.3. The summed E-state index contributed by atoms with van der Waals surface area (Å²) in [4.78, 5) is 57.7. The first-order chi connectivity index (χ1) is 19.9. The van der Waals surface area contributed by atoms with Crippen LogP contribution in [0, 0.1) is 0 Å². The Morgan fingerprint density at radius 3 is 2.17 bits per heavy atom. The van der Waals surface area contributed by atoms with Gasteiger partial charge in [-0.3, -0.25) is 19.2 Å². The molecule has 7 atom stereocenters. The van der Waals surface area contributed by atoms with E-state index in [1.807, 2.05) is 5.32 Å². The average Bonchev–Trinajstić information content (AvgIpc) is 2.94. The molecule has 11 N–H and O–H groups in total. The van der Waals surface area contributed by atoms with Crippen LogP contribution in [0.3, 0.4) is 0 Å². The average molecular weight is 612 g/mol. The van der Waals surface area contributed by atoms with E-state index in [2.05, 4.69) is 16.0 Å². The summed E-state index contributed by atoms with van der Waals surface area (Å²) in [6, 6.07) is -3.84. The highest BCUT2D eigenvalue weighted by atomic mass is 16.7. The van der Waals surface area contributed by atoms with Gasteiger partial charge in [0.2, 0.25) is 23.6 Å². The van der Waals surface area contributed by atoms with Gasteiger partial charge >= 0.3 is 5.97 Å². The van der Waals surface area contributed by atoms with E-state index < -0.39 is 92.1 Å². The van der Waals surface area contributed by atoms with Crippen molar-refractivity contribution < 1.29 is 68.5 Å². The fraction of sp³-hybridized carbons (Fsp3) is 0.783. The molecule has 1 fully saturated rings. The van der Waals surface area contributed by atoms with E-state index in [-0.39, 0.29) is 46.0 Å². The second-order valence-corrected chi connectivity index (χ2v) is 9.05. The maximum absolute atomic E-state index is 11.9. The van der Waals surface area contributed by atoms with Gasteiger partial charge in [-0.2, -0.15) is 0 Å². The molecule has 0 aromatic rings. The van der Waals surface area contributed by atoms with Crippen molar-refractivity contribution in [3.8, 4) is 0 Å². The van der Waals surface area contributed by atoms with Crippen LogP contribution in [0.2, 0.25) is 0 Å². The van der Waals surface area contributed by atoms with Gasteiger partial charge in [-0.05, 0) is 0 Å². The van der Waals surface area contributed by atoms with Gasteiger partial charge in [0.15, 0.2) is 6.29 Å². The molecule has 0 unspecified atom stereocenters. The van der Waals surface area contributed by atoms with Crippen molar-refractivity contribution in [2.45, 2.75) is 56.1 Å². The number of hydrogen-bond acceptors (Lipinski definition) is 14. The molecule has 242 valence electrons. The lowest BCUT2D eigenvalue weighted by Crippen LogP contribution is -2.64. The number of carbonyl (C=O) groups excluding carboxylic acids is 4. The third kappa shape index (κ3) is 13.8. The highest BCUT2D eigenvalue weighted by Crippen LogP contribution is 2.22. The first kappa shape index (κ1) is 37.0. The van der Waals surface area contributed by atoms with Gasteiger partial charge in [0, 0.05) is 13.5 Å². The van der Waals surface area contributed by atoms with Crippen molar-refractivity contribution in [2.24, 2.45) is 5.73 Å². The molecule has 0 bridgehead atoms. The third-order valence-electron chi connectivity index (χ3n) is 5.68. The fourth-order valence-corrected chi connectivity index (χ4v) is 3.51. The van der Waals surface area contributed by atoms with Gasteiger partial charge in [-0.1, -0.05) is 0 Å². The van der Waals surface area contributed by atoms with E-state index in [1.165, 1.54) is 6.92 Å². The molecule has 0 spiro atoms. The number of carbonyl (C=O) groups is 5. The Hall–Kier alpha value is -3.01. The predicted molar refractivity (Wildman–Crippen MR) is 138 cm³/mol. The van der Waals surface area contributed by atoms with Crippen LogP contribution in [-0.4, -0.2) is 157 Å². The quantitative estimate of drug-likeness (QED) is 0.0572. The van der Waals surface area contributed by atoms with Gasteiger partial charge in [0.1, 0.15) is 30.4 Å². The van der Waals surface area contributed by atoms with Crippen LogP contribution >= 0.6 is 0 Å². The first-order valence-electron chi connectivity index (χ1n) is 13.0. The monoisotopic (exact) mass is 611 g/mol. The highest BCUT2D eigenvalue weighted by Gasteiger charge is 2.45. The number of hydrogen-bond donors (Lipinski definition) is 10. The van der Waals surface area contributed by atoms with Gasteiger partial charge < -0.3 is 71.5 Å². The topological polar surface area (TPSA) is 298 Å². The summed E-state index contributed by atoms with van der Waals surface area (Å²) < 4.78 is 21.6. The fourth-order valence-electron chi connectivity index (χ4n) is 3.51. The largest absolute Gasteiger partial charge is 0.480 e. The summed E-state index contributed by atoms with van der Waals surface area (Å²) in [7, 11) is 0. The van der Waals surface area contributed by atoms with Gasteiger partial charge in [-0.15, -0.1) is 0 Å². The molecular formula is C23H41N5O14. The lowest BCUT2D eigenvalue weighted by molar-refractivity contribution is -0.272. The van der Waals surface area contributed by atoms with Crippen LogP contribution in [-0.2, 0) is 42.9 Å². The van der Waals surface area contributed by atoms with Crippen molar-refractivity contribution in [1.29, 1.82) is 0 Å². The molecule has 0 aromatic heterocycles. The second kappa shape index (κ2) is 20.0. The molecule has 19 heteroatoms. The maximum Gasteiger partial charge on any atom is 0.328 e. The number of ether oxygens (including phenoxy) is 4. The molecule has 42 heavy (non-hydrogen) atoms. The predicted octanol–water partition coefficient (Wildman–Crippen LogP) is -6.51. The highest BCUT2D eigenvalue weighted by molar-refractivity contribution is 5.91. The Morgan fingerprint density at radius 1 is 0.929 bits per heavy atom. The number of carboxylic acid groups (broad SMARTS) is 1. The molecule has 1 saturated heterocycles. The molecule has 1 heterocycles. The molecule has 0 aromatic carbocycles. The third-order valence-corrected chi connectivity index (χ3v) is 5.68. The lowest BCUT2D eigenvalue weighted by atomic mass is 9.97. The van der Waals surface area contributed by atoms with Crippen LogP contribution in [0.25, 0.3) is 0 Å². The summed E-state index contributed by atoms with van der Waals surface area (Å²) in [6.07, 6.45) is -5.44. The van der Waals surface area contributed by atoms with E-state index in [1.54, 1.807) is 0 Å². The summed E-state index contributed by atoms with van der Waals surface area (Å²) in [6.45, 7) is -0.0835. The molecular weight excluding hydrogens is 570 g/mol. The van der Waals surface area contributed by atoms with E-state index >= 15 is 0 Å². The van der Waals surface area contributed by atoms with Gasteiger partial charge in [0.05, 0.1) is 65.3 Å². The standard InChI is InChI=1S/C23H41N5O14/c1-12(31)27-18-20(35)19(34)15(11-30)42-23(18)41-7-6-40-5-4-39-3-2-25-16(32)8-13(24)21(36)26-9-17(33)28-14(10-29)22(37)38/h13-15,18-20,23,29-30,34-35H,2-11,24H2,1H3,(H,25,32)(H,26,36)(H,27,31)(H,28,33)(H,37,38)/t13-,14-,15+,18+,19+,20+,23+/m0/s1. The molecule has 19 nitrogen and oxygen atoms in total. The summed E-state index contributed by atoms with van der Waals surface area (Å²) >= 11 is 0. The van der Waals surface area contributed by atoms with Crippen LogP contribution in [0.4, 0.5) is 0 Å². The minimum atomic E-state index is -1.52. The zero-order chi connectivity index (χ0) is 31.7. The number of nitrogens with two attached hydrogens (primary N) is 1. The minimum absolute atomic E-state index is 0.00178. The lowest BCUT2D eigenvalue weighted by Gasteiger charge is -2.42. The number of carboxylic acids is 1. The zero-order valence-electron chi connectivity index (χ0n) is 23.1. The Bertz CT molecular complexity index is 880. The van der Waals surface area contributed by atoms with Crippen LogP contribution in [0.5, 0.6) is 0 Å². The molecule has 4 amide bonds. The SMILES string of the molecule is CC(=O)N[C@H]1[C@H](OCCOCCOCCNC(=O)C[C@H](N)C(=O)NCC(=O)N[C@@H](CO)C(=O)O)O[C@H](CO)[C@@H](O)[C@@H]1O. The molecule has 0 saturated carbocycles. The second-order valence-electron chi connectivity index (χ2n) is 9.05. The summed E-state index contributed by atoms with van der Waals surface area (Å²) in [5.74, 6) is -4.14. The number of aliphatic carboxylic acids is 1.